The second-order valence-electron chi connectivity index (χ2n) is 4.05. The molecular formula is C14H16FNO3. The van der Waals surface area contributed by atoms with Gasteiger partial charge < -0.3 is 10.4 Å². The second-order valence-corrected chi connectivity index (χ2v) is 4.05. The van der Waals surface area contributed by atoms with Crippen molar-refractivity contribution in [3.8, 4) is 0 Å². The second kappa shape index (κ2) is 7.43. The summed E-state index contributed by atoms with van der Waals surface area (Å²) in [5.41, 5.74) is 0.355. The Morgan fingerprint density at radius 1 is 1.37 bits per heavy atom. The topological polar surface area (TPSA) is 66.4 Å². The molecule has 0 saturated heterocycles. The van der Waals surface area contributed by atoms with Gasteiger partial charge in [0.15, 0.2) is 5.78 Å². The van der Waals surface area contributed by atoms with Gasteiger partial charge in [0.25, 0.3) is 0 Å². The number of ketones is 1. The Bertz CT molecular complexity index is 456. The van der Waals surface area contributed by atoms with E-state index >= 15 is 0 Å². The molecule has 5 heteroatoms. The molecule has 0 radical (unpaired) electrons. The predicted molar refractivity (Wildman–Crippen MR) is 69.6 cm³/mol. The Hall–Kier alpha value is -2.01. The van der Waals surface area contributed by atoms with E-state index in [4.69, 9.17) is 5.11 Å². The third-order valence-corrected chi connectivity index (χ3v) is 2.60. The summed E-state index contributed by atoms with van der Waals surface area (Å²) >= 11 is 0. The summed E-state index contributed by atoms with van der Waals surface area (Å²) in [6, 6.07) is 4.58. The van der Waals surface area contributed by atoms with E-state index in [0.29, 0.717) is 12.1 Å². The Morgan fingerprint density at radius 2 is 2.00 bits per heavy atom. The number of Topliss-reactive ketones (excluding diaryl/α,β-unsaturated/α-hetero) is 1. The van der Waals surface area contributed by atoms with Gasteiger partial charge in [0.2, 0.25) is 0 Å². The average Bonchev–Trinajstić information content (AvgIpc) is 2.39. The Kier molecular flexibility index (Phi) is 5.89. The van der Waals surface area contributed by atoms with E-state index in [-0.39, 0.29) is 18.6 Å². The van der Waals surface area contributed by atoms with Crippen molar-refractivity contribution in [3.63, 3.8) is 0 Å². The van der Waals surface area contributed by atoms with E-state index in [1.165, 1.54) is 24.3 Å². The Morgan fingerprint density at radius 3 is 2.53 bits per heavy atom. The van der Waals surface area contributed by atoms with Gasteiger partial charge in [-0.05, 0) is 30.7 Å². The third-order valence-electron chi connectivity index (χ3n) is 2.60. The van der Waals surface area contributed by atoms with Crippen molar-refractivity contribution in [3.05, 3.63) is 48.3 Å². The number of hydrogen-bond acceptors (Lipinski definition) is 3. The zero-order valence-electron chi connectivity index (χ0n) is 10.4. The lowest BCUT2D eigenvalue weighted by Gasteiger charge is -2.15. The van der Waals surface area contributed by atoms with Gasteiger partial charge in [0.1, 0.15) is 5.82 Å². The summed E-state index contributed by atoms with van der Waals surface area (Å²) in [4.78, 5) is 22.7. The summed E-state index contributed by atoms with van der Waals surface area (Å²) in [5.74, 6) is -1.63. The quantitative estimate of drug-likeness (QED) is 0.557. The van der Waals surface area contributed by atoms with Crippen LogP contribution < -0.4 is 5.32 Å². The van der Waals surface area contributed by atoms with E-state index in [1.807, 2.05) is 0 Å². The number of carboxylic acids is 1. The highest BCUT2D eigenvalue weighted by molar-refractivity contribution is 6.00. The number of nitrogens with one attached hydrogen (secondary N) is 1. The van der Waals surface area contributed by atoms with Crippen LogP contribution in [0.3, 0.4) is 0 Å². The Labute approximate surface area is 110 Å². The molecule has 1 rings (SSSR count). The number of carboxylic acid groups (broad SMARTS) is 1. The molecule has 0 aliphatic heterocycles. The monoisotopic (exact) mass is 265 g/mol. The summed E-state index contributed by atoms with van der Waals surface area (Å²) in [7, 11) is 0. The first kappa shape index (κ1) is 15.0. The van der Waals surface area contributed by atoms with Crippen molar-refractivity contribution in [1.29, 1.82) is 0 Å². The first-order valence-corrected chi connectivity index (χ1v) is 5.90. The van der Waals surface area contributed by atoms with Crippen LogP contribution in [0.2, 0.25) is 0 Å². The van der Waals surface area contributed by atoms with Crippen molar-refractivity contribution in [1.82, 2.24) is 5.32 Å². The van der Waals surface area contributed by atoms with Crippen LogP contribution in [-0.4, -0.2) is 29.4 Å². The van der Waals surface area contributed by atoms with E-state index in [1.54, 1.807) is 6.08 Å². The van der Waals surface area contributed by atoms with E-state index in [9.17, 15) is 14.0 Å². The molecule has 0 bridgehead atoms. The fourth-order valence-electron chi connectivity index (χ4n) is 1.63. The molecule has 0 heterocycles. The van der Waals surface area contributed by atoms with Crippen LogP contribution in [0, 0.1) is 5.82 Å². The molecule has 1 unspecified atom stereocenters. The zero-order chi connectivity index (χ0) is 14.3. The minimum Gasteiger partial charge on any atom is -0.481 e. The van der Waals surface area contributed by atoms with Gasteiger partial charge in [-0.2, -0.15) is 0 Å². The Balaban J connectivity index is 2.77. The van der Waals surface area contributed by atoms with Crippen LogP contribution in [0.5, 0.6) is 0 Å². The summed E-state index contributed by atoms with van der Waals surface area (Å²) in [6.45, 7) is 3.93. The van der Waals surface area contributed by atoms with Crippen LogP contribution in [-0.2, 0) is 4.79 Å². The van der Waals surface area contributed by atoms with Crippen LogP contribution in [0.4, 0.5) is 4.39 Å². The highest BCUT2D eigenvalue weighted by Crippen LogP contribution is 2.09. The molecular weight excluding hydrogens is 249 g/mol. The maximum Gasteiger partial charge on any atom is 0.303 e. The molecule has 0 aromatic heterocycles. The summed E-state index contributed by atoms with van der Waals surface area (Å²) < 4.78 is 12.8. The molecule has 0 amide bonds. The van der Waals surface area contributed by atoms with Gasteiger partial charge >= 0.3 is 5.97 Å². The van der Waals surface area contributed by atoms with Gasteiger partial charge in [-0.1, -0.05) is 6.08 Å². The van der Waals surface area contributed by atoms with Crippen LogP contribution in [0.25, 0.3) is 0 Å². The lowest BCUT2D eigenvalue weighted by Crippen LogP contribution is -2.37. The SMILES string of the molecule is C=CCNC(CCC(=O)O)C(=O)c1ccc(F)cc1. The fourth-order valence-corrected chi connectivity index (χ4v) is 1.63. The van der Waals surface area contributed by atoms with Crippen molar-refractivity contribution in [2.24, 2.45) is 0 Å². The van der Waals surface area contributed by atoms with Crippen molar-refractivity contribution >= 4 is 11.8 Å². The maximum absolute atomic E-state index is 12.8. The predicted octanol–water partition coefficient (Wildman–Crippen LogP) is 2.02. The molecule has 2 N–H and O–H groups in total. The first-order valence-electron chi connectivity index (χ1n) is 5.90. The molecule has 0 saturated carbocycles. The summed E-state index contributed by atoms with van der Waals surface area (Å²) in [5, 5.41) is 11.6. The molecule has 0 spiro atoms. The largest absolute Gasteiger partial charge is 0.481 e. The van der Waals surface area contributed by atoms with E-state index in [0.717, 1.165) is 0 Å². The number of carbonyl (C=O) groups is 2. The minimum absolute atomic E-state index is 0.109. The molecule has 1 atom stereocenters. The number of benzene rings is 1. The third kappa shape index (κ3) is 5.01. The minimum atomic E-state index is -0.961. The lowest BCUT2D eigenvalue weighted by molar-refractivity contribution is -0.137. The molecule has 102 valence electrons. The lowest BCUT2D eigenvalue weighted by atomic mass is 10.00. The summed E-state index contributed by atoms with van der Waals surface area (Å²) in [6.07, 6.45) is 1.66. The fraction of sp³-hybridized carbons (Fsp3) is 0.286. The van der Waals surface area contributed by atoms with Gasteiger partial charge in [0, 0.05) is 18.5 Å². The molecule has 4 nitrogen and oxygen atoms in total. The first-order chi connectivity index (χ1) is 9.04. The highest BCUT2D eigenvalue weighted by Gasteiger charge is 2.20. The number of hydrogen-bond donors (Lipinski definition) is 2. The number of rotatable bonds is 8. The van der Waals surface area contributed by atoms with Crippen molar-refractivity contribution in [2.45, 2.75) is 18.9 Å². The molecule has 0 aliphatic carbocycles. The van der Waals surface area contributed by atoms with Crippen LogP contribution in [0.15, 0.2) is 36.9 Å². The smallest absolute Gasteiger partial charge is 0.303 e. The zero-order valence-corrected chi connectivity index (χ0v) is 10.4. The van der Waals surface area contributed by atoms with E-state index < -0.39 is 17.8 Å². The van der Waals surface area contributed by atoms with Crippen LogP contribution >= 0.6 is 0 Å². The van der Waals surface area contributed by atoms with Crippen molar-refractivity contribution in [2.75, 3.05) is 6.54 Å². The molecule has 1 aromatic carbocycles. The number of carbonyl (C=O) groups excluding carboxylic acids is 1. The molecule has 0 fully saturated rings. The number of aliphatic carboxylic acids is 1. The van der Waals surface area contributed by atoms with Crippen molar-refractivity contribution < 1.29 is 19.1 Å². The normalized spacial score (nSPS) is 11.8. The maximum atomic E-state index is 12.8. The molecule has 1 aromatic rings. The van der Waals surface area contributed by atoms with E-state index in [2.05, 4.69) is 11.9 Å². The molecule has 19 heavy (non-hydrogen) atoms. The van der Waals surface area contributed by atoms with Gasteiger partial charge in [0.05, 0.1) is 6.04 Å². The highest BCUT2D eigenvalue weighted by atomic mass is 19.1. The van der Waals surface area contributed by atoms with Crippen LogP contribution in [0.1, 0.15) is 23.2 Å². The van der Waals surface area contributed by atoms with Gasteiger partial charge in [-0.25, -0.2) is 4.39 Å². The number of halogens is 1. The average molecular weight is 265 g/mol. The molecule has 0 aliphatic rings. The van der Waals surface area contributed by atoms with Gasteiger partial charge in [-0.15, -0.1) is 6.58 Å². The standard InChI is InChI=1S/C14H16FNO3/c1-2-9-16-12(7-8-13(17)18)14(19)10-3-5-11(15)6-4-10/h2-6,12,16H,1,7-9H2,(H,17,18). The van der Waals surface area contributed by atoms with Gasteiger partial charge in [-0.3, -0.25) is 9.59 Å².